The van der Waals surface area contributed by atoms with Crippen molar-refractivity contribution in [1.29, 1.82) is 0 Å². The first-order valence-corrected chi connectivity index (χ1v) is 6.35. The Morgan fingerprint density at radius 2 is 1.57 bits per heavy atom. The molecule has 0 spiro atoms. The van der Waals surface area contributed by atoms with E-state index in [0.717, 1.165) is 0 Å². The molecule has 0 unspecified atom stereocenters. The molecular weight excluding hydrogens is 296 g/mol. The summed E-state index contributed by atoms with van der Waals surface area (Å²) in [4.78, 5) is 11.1. The monoisotopic (exact) mass is 308 g/mol. The molecule has 0 radical (unpaired) electrons. The Hall–Kier alpha value is -2.40. The number of carbonyl (C=O) groups is 1. The number of aromatic carboxylic acids is 1. The van der Waals surface area contributed by atoms with Crippen LogP contribution in [-0.4, -0.2) is 25.3 Å². The summed E-state index contributed by atoms with van der Waals surface area (Å²) >= 11 is 5.82. The van der Waals surface area contributed by atoms with Crippen molar-refractivity contribution in [2.75, 3.05) is 14.2 Å². The highest BCUT2D eigenvalue weighted by Crippen LogP contribution is 2.41. The molecule has 0 saturated heterocycles. The number of hydrogen-bond donors (Lipinski definition) is 1. The molecular formula is C15H13ClO5. The zero-order valence-corrected chi connectivity index (χ0v) is 12.2. The van der Waals surface area contributed by atoms with Crippen LogP contribution >= 0.6 is 11.6 Å². The van der Waals surface area contributed by atoms with Gasteiger partial charge in [0, 0.05) is 5.02 Å². The number of benzene rings is 2. The maximum atomic E-state index is 11.1. The van der Waals surface area contributed by atoms with Gasteiger partial charge in [0.2, 0.25) is 5.75 Å². The molecule has 0 aromatic heterocycles. The van der Waals surface area contributed by atoms with E-state index < -0.39 is 5.97 Å². The Kier molecular flexibility index (Phi) is 4.55. The minimum absolute atomic E-state index is 0.0483. The molecule has 5 nitrogen and oxygen atoms in total. The maximum absolute atomic E-state index is 11.1. The van der Waals surface area contributed by atoms with E-state index in [1.54, 1.807) is 24.3 Å². The van der Waals surface area contributed by atoms with Gasteiger partial charge in [0.1, 0.15) is 5.75 Å². The lowest BCUT2D eigenvalue weighted by Crippen LogP contribution is -2.01. The Morgan fingerprint density at radius 1 is 1.05 bits per heavy atom. The fourth-order valence-corrected chi connectivity index (χ4v) is 1.85. The topological polar surface area (TPSA) is 65.0 Å². The largest absolute Gasteiger partial charge is 0.493 e. The molecule has 0 atom stereocenters. The van der Waals surface area contributed by atoms with Crippen LogP contribution in [0.3, 0.4) is 0 Å². The predicted molar refractivity (Wildman–Crippen MR) is 78.0 cm³/mol. The van der Waals surface area contributed by atoms with Gasteiger partial charge in [-0.15, -0.1) is 0 Å². The molecule has 0 aliphatic rings. The van der Waals surface area contributed by atoms with Crippen molar-refractivity contribution in [3.63, 3.8) is 0 Å². The molecule has 0 fully saturated rings. The SMILES string of the molecule is COc1cc(C(=O)O)cc(OC)c1Oc1ccc(Cl)cc1. The number of methoxy groups -OCH3 is 2. The van der Waals surface area contributed by atoms with Crippen LogP contribution in [0.1, 0.15) is 10.4 Å². The molecule has 2 aromatic carbocycles. The van der Waals surface area contributed by atoms with E-state index >= 15 is 0 Å². The summed E-state index contributed by atoms with van der Waals surface area (Å²) in [6.07, 6.45) is 0. The minimum Gasteiger partial charge on any atom is -0.493 e. The molecule has 0 saturated carbocycles. The van der Waals surface area contributed by atoms with Crippen molar-refractivity contribution in [3.05, 3.63) is 47.0 Å². The molecule has 0 bridgehead atoms. The molecule has 0 aliphatic heterocycles. The third-order valence-corrected chi connectivity index (χ3v) is 2.99. The molecule has 2 rings (SSSR count). The average molecular weight is 309 g/mol. The van der Waals surface area contributed by atoms with E-state index in [0.29, 0.717) is 16.5 Å². The van der Waals surface area contributed by atoms with Gasteiger partial charge < -0.3 is 19.3 Å². The van der Waals surface area contributed by atoms with Crippen molar-refractivity contribution >= 4 is 17.6 Å². The van der Waals surface area contributed by atoms with E-state index in [-0.39, 0.29) is 17.1 Å². The highest BCUT2D eigenvalue weighted by molar-refractivity contribution is 6.30. The molecule has 110 valence electrons. The quantitative estimate of drug-likeness (QED) is 0.909. The van der Waals surface area contributed by atoms with Crippen LogP contribution in [0.15, 0.2) is 36.4 Å². The minimum atomic E-state index is -1.08. The highest BCUT2D eigenvalue weighted by Gasteiger charge is 2.17. The summed E-state index contributed by atoms with van der Waals surface area (Å²) in [6.45, 7) is 0. The number of ether oxygens (including phenoxy) is 3. The summed E-state index contributed by atoms with van der Waals surface area (Å²) in [6, 6.07) is 9.48. The molecule has 2 aromatic rings. The van der Waals surface area contributed by atoms with Gasteiger partial charge in [-0.1, -0.05) is 11.6 Å². The number of carboxylic acid groups (broad SMARTS) is 1. The molecule has 0 amide bonds. The van der Waals surface area contributed by atoms with Gasteiger partial charge in [0.25, 0.3) is 0 Å². The summed E-state index contributed by atoms with van der Waals surface area (Å²) in [5.74, 6) is 0.277. The van der Waals surface area contributed by atoms with Gasteiger partial charge in [0.15, 0.2) is 11.5 Å². The van der Waals surface area contributed by atoms with Crippen LogP contribution in [0.5, 0.6) is 23.0 Å². The van der Waals surface area contributed by atoms with Gasteiger partial charge >= 0.3 is 5.97 Å². The lowest BCUT2D eigenvalue weighted by Gasteiger charge is -2.15. The highest BCUT2D eigenvalue weighted by atomic mass is 35.5. The number of halogens is 1. The Bertz CT molecular complexity index is 627. The molecule has 1 N–H and O–H groups in total. The zero-order valence-electron chi connectivity index (χ0n) is 11.4. The van der Waals surface area contributed by atoms with Crippen molar-refractivity contribution in [1.82, 2.24) is 0 Å². The van der Waals surface area contributed by atoms with Crippen LogP contribution in [0.2, 0.25) is 5.02 Å². The molecule has 0 heterocycles. The van der Waals surface area contributed by atoms with Crippen molar-refractivity contribution in [3.8, 4) is 23.0 Å². The van der Waals surface area contributed by atoms with Crippen molar-refractivity contribution in [2.24, 2.45) is 0 Å². The van der Waals surface area contributed by atoms with E-state index in [9.17, 15) is 4.79 Å². The average Bonchev–Trinajstić information content (AvgIpc) is 2.49. The van der Waals surface area contributed by atoms with Gasteiger partial charge in [-0.05, 0) is 36.4 Å². The molecule has 0 aliphatic carbocycles. The zero-order chi connectivity index (χ0) is 15.4. The van der Waals surface area contributed by atoms with Gasteiger partial charge in [-0.2, -0.15) is 0 Å². The normalized spacial score (nSPS) is 10.0. The van der Waals surface area contributed by atoms with Crippen LogP contribution in [0.4, 0.5) is 0 Å². The second-order valence-corrected chi connectivity index (χ2v) is 4.51. The summed E-state index contributed by atoms with van der Waals surface area (Å²) in [5, 5.41) is 9.65. The summed E-state index contributed by atoms with van der Waals surface area (Å²) < 4.78 is 16.1. The van der Waals surface area contributed by atoms with Crippen LogP contribution in [0, 0.1) is 0 Å². The van der Waals surface area contributed by atoms with Crippen LogP contribution in [-0.2, 0) is 0 Å². The second kappa shape index (κ2) is 6.37. The fourth-order valence-electron chi connectivity index (χ4n) is 1.72. The van der Waals surface area contributed by atoms with Crippen LogP contribution in [0.25, 0.3) is 0 Å². The van der Waals surface area contributed by atoms with Gasteiger partial charge in [-0.25, -0.2) is 4.79 Å². The standard InChI is InChI=1S/C15H13ClO5/c1-19-12-7-9(15(17)18)8-13(20-2)14(12)21-11-5-3-10(16)4-6-11/h3-8H,1-2H3,(H,17,18). The molecule has 6 heteroatoms. The second-order valence-electron chi connectivity index (χ2n) is 4.07. The Labute approximate surface area is 126 Å². The Balaban J connectivity index is 2.45. The predicted octanol–water partition coefficient (Wildman–Crippen LogP) is 3.85. The maximum Gasteiger partial charge on any atom is 0.335 e. The van der Waals surface area contributed by atoms with E-state index in [1.165, 1.54) is 26.4 Å². The first-order chi connectivity index (χ1) is 10.0. The summed E-state index contributed by atoms with van der Waals surface area (Å²) in [5.41, 5.74) is 0.0483. The smallest absolute Gasteiger partial charge is 0.335 e. The first-order valence-electron chi connectivity index (χ1n) is 5.98. The van der Waals surface area contributed by atoms with Gasteiger partial charge in [0.05, 0.1) is 19.8 Å². The fraction of sp³-hybridized carbons (Fsp3) is 0.133. The third-order valence-electron chi connectivity index (χ3n) is 2.74. The first kappa shape index (κ1) is 15.0. The van der Waals surface area contributed by atoms with Crippen molar-refractivity contribution < 1.29 is 24.1 Å². The number of hydrogen-bond acceptors (Lipinski definition) is 4. The number of rotatable bonds is 5. The lowest BCUT2D eigenvalue weighted by atomic mass is 10.2. The summed E-state index contributed by atoms with van der Waals surface area (Å²) in [7, 11) is 2.85. The van der Waals surface area contributed by atoms with E-state index in [2.05, 4.69) is 0 Å². The number of carboxylic acids is 1. The van der Waals surface area contributed by atoms with Crippen LogP contribution < -0.4 is 14.2 Å². The van der Waals surface area contributed by atoms with E-state index in [1.807, 2.05) is 0 Å². The lowest BCUT2D eigenvalue weighted by molar-refractivity contribution is 0.0696. The van der Waals surface area contributed by atoms with Crippen molar-refractivity contribution in [2.45, 2.75) is 0 Å². The van der Waals surface area contributed by atoms with E-state index in [4.69, 9.17) is 30.9 Å². The third kappa shape index (κ3) is 3.38. The Morgan fingerprint density at radius 3 is 2.00 bits per heavy atom. The molecule has 21 heavy (non-hydrogen) atoms. The van der Waals surface area contributed by atoms with Gasteiger partial charge in [-0.3, -0.25) is 0 Å².